The fourth-order valence-corrected chi connectivity index (χ4v) is 2.93. The van der Waals surface area contributed by atoms with E-state index in [9.17, 15) is 27.6 Å². The Morgan fingerprint density at radius 3 is 2.22 bits per heavy atom. The lowest BCUT2D eigenvalue weighted by Crippen LogP contribution is -2.32. The van der Waals surface area contributed by atoms with Crippen LogP contribution in [0.2, 0.25) is 5.02 Å². The number of hydrogen-bond donors (Lipinski definition) is 3. The summed E-state index contributed by atoms with van der Waals surface area (Å²) in [6.07, 6.45) is -3.23. The molecule has 0 aliphatic heterocycles. The molecule has 3 rings (SSSR count). The van der Waals surface area contributed by atoms with Gasteiger partial charge in [0.25, 0.3) is 5.91 Å². The Labute approximate surface area is 208 Å². The molecular formula is C24H18ClF3N4O4. The highest BCUT2D eigenvalue weighted by Crippen LogP contribution is 2.30. The van der Waals surface area contributed by atoms with Crippen molar-refractivity contribution in [1.82, 2.24) is 5.43 Å². The molecule has 36 heavy (non-hydrogen) atoms. The minimum absolute atomic E-state index is 0.00622. The van der Waals surface area contributed by atoms with Crippen molar-refractivity contribution >= 4 is 46.9 Å². The summed E-state index contributed by atoms with van der Waals surface area (Å²) in [4.78, 5) is 35.7. The lowest BCUT2D eigenvalue weighted by molar-refractivity contribution is -0.137. The van der Waals surface area contributed by atoms with Crippen LogP contribution < -0.4 is 20.8 Å². The average Bonchev–Trinajstić information content (AvgIpc) is 2.83. The highest BCUT2D eigenvalue weighted by molar-refractivity contribution is 6.39. The second-order valence-corrected chi connectivity index (χ2v) is 7.58. The molecule has 0 radical (unpaired) electrons. The van der Waals surface area contributed by atoms with Gasteiger partial charge in [-0.1, -0.05) is 23.7 Å². The van der Waals surface area contributed by atoms with Gasteiger partial charge in [-0.05, 0) is 66.2 Å². The summed E-state index contributed by atoms with van der Waals surface area (Å²) in [6, 6.07) is 16.7. The van der Waals surface area contributed by atoms with Gasteiger partial charge in [0.05, 0.1) is 11.8 Å². The highest BCUT2D eigenvalue weighted by Gasteiger charge is 2.30. The van der Waals surface area contributed by atoms with Gasteiger partial charge >= 0.3 is 18.0 Å². The summed E-state index contributed by atoms with van der Waals surface area (Å²) < 4.78 is 43.6. The van der Waals surface area contributed by atoms with E-state index in [-0.39, 0.29) is 5.69 Å². The van der Waals surface area contributed by atoms with Gasteiger partial charge in [0, 0.05) is 16.4 Å². The van der Waals surface area contributed by atoms with Gasteiger partial charge in [-0.3, -0.25) is 14.4 Å². The van der Waals surface area contributed by atoms with Gasteiger partial charge in [-0.2, -0.15) is 18.3 Å². The van der Waals surface area contributed by atoms with Crippen LogP contribution in [0.5, 0.6) is 5.75 Å². The third-order valence-corrected chi connectivity index (χ3v) is 4.63. The number of hydrogen-bond acceptors (Lipinski definition) is 5. The summed E-state index contributed by atoms with van der Waals surface area (Å²) in [5, 5.41) is 8.81. The number of carbonyl (C=O) groups excluding carboxylic acids is 3. The standard InChI is InChI=1S/C24H18ClF3N4O4/c25-17-4-2-6-19(12-17)31-22(34)23(35)32-29-13-15-7-9-20(10-8-15)36-14-21(33)30-18-5-1-3-16(11-18)24(26,27)28/h1-13H,14H2,(H,30,33)(H,31,34)(H,32,35)/b29-13-. The lowest BCUT2D eigenvalue weighted by atomic mass is 10.2. The van der Waals surface area contributed by atoms with Crippen molar-refractivity contribution in [3.8, 4) is 5.75 Å². The van der Waals surface area contributed by atoms with E-state index in [1.54, 1.807) is 30.3 Å². The van der Waals surface area contributed by atoms with Crippen LogP contribution in [0.4, 0.5) is 24.5 Å². The predicted octanol–water partition coefficient (Wildman–Crippen LogP) is 4.47. The maximum Gasteiger partial charge on any atom is 0.416 e. The van der Waals surface area contributed by atoms with Crippen LogP contribution in [0.3, 0.4) is 0 Å². The normalized spacial score (nSPS) is 11.1. The molecule has 186 valence electrons. The number of hydrazone groups is 1. The van der Waals surface area contributed by atoms with E-state index in [0.29, 0.717) is 22.0 Å². The number of halogens is 4. The smallest absolute Gasteiger partial charge is 0.416 e. The summed E-state index contributed by atoms with van der Waals surface area (Å²) in [5.41, 5.74) is 2.10. The molecule has 0 spiro atoms. The van der Waals surface area contributed by atoms with Crippen LogP contribution >= 0.6 is 11.6 Å². The Balaban J connectivity index is 1.44. The fourth-order valence-electron chi connectivity index (χ4n) is 2.74. The Morgan fingerprint density at radius 1 is 0.889 bits per heavy atom. The van der Waals surface area contributed by atoms with Crippen LogP contribution in [0.25, 0.3) is 0 Å². The van der Waals surface area contributed by atoms with Crippen molar-refractivity contribution in [3.05, 3.63) is 88.9 Å². The number of alkyl halides is 3. The molecular weight excluding hydrogens is 501 g/mol. The number of anilines is 2. The van der Waals surface area contributed by atoms with Gasteiger partial charge in [-0.15, -0.1) is 0 Å². The van der Waals surface area contributed by atoms with Crippen molar-refractivity contribution in [2.45, 2.75) is 6.18 Å². The zero-order valence-electron chi connectivity index (χ0n) is 18.3. The molecule has 3 aromatic carbocycles. The molecule has 0 bridgehead atoms. The third-order valence-electron chi connectivity index (χ3n) is 4.39. The van der Waals surface area contributed by atoms with E-state index in [4.69, 9.17) is 16.3 Å². The van der Waals surface area contributed by atoms with Crippen molar-refractivity contribution in [3.63, 3.8) is 0 Å². The van der Waals surface area contributed by atoms with Crippen LogP contribution in [0.1, 0.15) is 11.1 Å². The van der Waals surface area contributed by atoms with E-state index in [0.717, 1.165) is 12.1 Å². The van der Waals surface area contributed by atoms with Gasteiger partial charge in [0.15, 0.2) is 6.61 Å². The monoisotopic (exact) mass is 518 g/mol. The van der Waals surface area contributed by atoms with E-state index >= 15 is 0 Å². The van der Waals surface area contributed by atoms with Crippen molar-refractivity contribution in [2.75, 3.05) is 17.2 Å². The second kappa shape index (κ2) is 11.8. The molecule has 0 aliphatic rings. The Hall–Kier alpha value is -4.38. The minimum Gasteiger partial charge on any atom is -0.484 e. The molecule has 3 aromatic rings. The van der Waals surface area contributed by atoms with Crippen molar-refractivity contribution < 1.29 is 32.3 Å². The van der Waals surface area contributed by atoms with Crippen molar-refractivity contribution in [1.29, 1.82) is 0 Å². The first-order chi connectivity index (χ1) is 17.1. The van der Waals surface area contributed by atoms with Gasteiger partial charge in [0.2, 0.25) is 0 Å². The third kappa shape index (κ3) is 8.13. The number of amides is 3. The molecule has 3 amide bonds. The minimum atomic E-state index is -4.52. The van der Waals surface area contributed by atoms with Crippen LogP contribution in [0.15, 0.2) is 77.9 Å². The molecule has 0 unspecified atom stereocenters. The fraction of sp³-hybridized carbons (Fsp3) is 0.0833. The van der Waals surface area contributed by atoms with E-state index in [1.165, 1.54) is 36.5 Å². The first kappa shape index (κ1) is 26.2. The molecule has 0 saturated heterocycles. The van der Waals surface area contributed by atoms with Gasteiger partial charge < -0.3 is 15.4 Å². The maximum absolute atomic E-state index is 12.8. The number of benzene rings is 3. The largest absolute Gasteiger partial charge is 0.484 e. The number of nitrogens with zero attached hydrogens (tertiary/aromatic N) is 1. The van der Waals surface area contributed by atoms with E-state index in [1.807, 2.05) is 0 Å². The van der Waals surface area contributed by atoms with Crippen LogP contribution in [-0.2, 0) is 20.6 Å². The molecule has 3 N–H and O–H groups in total. The Morgan fingerprint density at radius 2 is 1.56 bits per heavy atom. The molecule has 0 atom stereocenters. The molecule has 0 heterocycles. The Kier molecular flexibility index (Phi) is 8.63. The molecule has 8 nitrogen and oxygen atoms in total. The zero-order valence-corrected chi connectivity index (χ0v) is 19.1. The van der Waals surface area contributed by atoms with E-state index < -0.39 is 36.1 Å². The topological polar surface area (TPSA) is 109 Å². The molecule has 12 heteroatoms. The predicted molar refractivity (Wildman–Crippen MR) is 128 cm³/mol. The summed E-state index contributed by atoms with van der Waals surface area (Å²) >= 11 is 5.82. The van der Waals surface area contributed by atoms with Crippen LogP contribution in [0, 0.1) is 0 Å². The second-order valence-electron chi connectivity index (χ2n) is 7.15. The molecule has 0 saturated carbocycles. The molecule has 0 aliphatic carbocycles. The summed E-state index contributed by atoms with van der Waals surface area (Å²) in [5.74, 6) is -2.24. The maximum atomic E-state index is 12.8. The number of rotatable bonds is 7. The lowest BCUT2D eigenvalue weighted by Gasteiger charge is -2.10. The van der Waals surface area contributed by atoms with E-state index in [2.05, 4.69) is 21.2 Å². The van der Waals surface area contributed by atoms with Gasteiger partial charge in [-0.25, -0.2) is 5.43 Å². The first-order valence-electron chi connectivity index (χ1n) is 10.2. The average molecular weight is 519 g/mol. The Bertz CT molecular complexity index is 1280. The molecule has 0 fully saturated rings. The summed E-state index contributed by atoms with van der Waals surface area (Å²) in [6.45, 7) is -0.429. The molecule has 0 aromatic heterocycles. The summed E-state index contributed by atoms with van der Waals surface area (Å²) in [7, 11) is 0. The van der Waals surface area contributed by atoms with Crippen molar-refractivity contribution in [2.24, 2.45) is 5.10 Å². The number of nitrogens with one attached hydrogen (secondary N) is 3. The quantitative estimate of drug-likeness (QED) is 0.244. The zero-order chi connectivity index (χ0) is 26.1. The first-order valence-corrected chi connectivity index (χ1v) is 10.6. The number of carbonyl (C=O) groups is 3. The highest BCUT2D eigenvalue weighted by atomic mass is 35.5. The van der Waals surface area contributed by atoms with Crippen LogP contribution in [-0.4, -0.2) is 30.5 Å². The van der Waals surface area contributed by atoms with Gasteiger partial charge in [0.1, 0.15) is 5.75 Å². The SMILES string of the molecule is O=C(COc1ccc(/C=N\NC(=O)C(=O)Nc2cccc(Cl)c2)cc1)Nc1cccc(C(F)(F)F)c1. The number of ether oxygens (including phenoxy) is 1.